The van der Waals surface area contributed by atoms with Gasteiger partial charge < -0.3 is 5.32 Å². The molecule has 4 nitrogen and oxygen atoms in total. The third kappa shape index (κ3) is 3.90. The smallest absolute Gasteiger partial charge is 0.240 e. The monoisotopic (exact) mass is 314 g/mol. The quantitative estimate of drug-likeness (QED) is 0.846. The van der Waals surface area contributed by atoms with E-state index >= 15 is 0 Å². The topological polar surface area (TPSA) is 58.2 Å². The zero-order valence-electron chi connectivity index (χ0n) is 12.0. The Kier molecular flexibility index (Phi) is 5.35. The molecule has 20 heavy (non-hydrogen) atoms. The molecular formula is C14H22N2O2S2. The SMILES string of the molecule is CSCC(C)CNS(=O)(=O)c1ccc2c(c1)NCCC2. The lowest BCUT2D eigenvalue weighted by Gasteiger charge is -2.19. The first-order chi connectivity index (χ1) is 9.53. The molecule has 1 heterocycles. The first kappa shape index (κ1) is 15.7. The fourth-order valence-electron chi connectivity index (χ4n) is 2.29. The summed E-state index contributed by atoms with van der Waals surface area (Å²) in [6.45, 7) is 3.44. The van der Waals surface area contributed by atoms with Crippen molar-refractivity contribution in [3.05, 3.63) is 23.8 Å². The molecule has 1 aliphatic rings. The Bertz CT molecular complexity index is 558. The van der Waals surface area contributed by atoms with Crippen molar-refractivity contribution in [2.24, 2.45) is 5.92 Å². The number of thioether (sulfide) groups is 1. The summed E-state index contributed by atoms with van der Waals surface area (Å²) in [7, 11) is -3.41. The molecule has 1 aromatic rings. The summed E-state index contributed by atoms with van der Waals surface area (Å²) in [6.07, 6.45) is 4.14. The number of nitrogens with one attached hydrogen (secondary N) is 2. The second-order valence-corrected chi connectivity index (χ2v) is 7.94. The highest BCUT2D eigenvalue weighted by Crippen LogP contribution is 2.25. The number of hydrogen-bond donors (Lipinski definition) is 2. The summed E-state index contributed by atoms with van der Waals surface area (Å²) in [5.41, 5.74) is 2.15. The Labute approximate surface area is 125 Å². The van der Waals surface area contributed by atoms with Gasteiger partial charge in [-0.3, -0.25) is 0 Å². The van der Waals surface area contributed by atoms with Gasteiger partial charge in [-0.25, -0.2) is 13.1 Å². The molecule has 0 bridgehead atoms. The Balaban J connectivity index is 2.09. The molecule has 1 aromatic carbocycles. The number of rotatable bonds is 6. The number of hydrogen-bond acceptors (Lipinski definition) is 4. The van der Waals surface area contributed by atoms with Crippen LogP contribution in [0.5, 0.6) is 0 Å². The lowest BCUT2D eigenvalue weighted by atomic mass is 10.0. The van der Waals surface area contributed by atoms with E-state index in [0.717, 1.165) is 30.8 Å². The van der Waals surface area contributed by atoms with E-state index in [2.05, 4.69) is 10.0 Å². The van der Waals surface area contributed by atoms with Crippen LogP contribution in [0.15, 0.2) is 23.1 Å². The van der Waals surface area contributed by atoms with Crippen LogP contribution in [0.25, 0.3) is 0 Å². The number of sulfonamides is 1. The lowest BCUT2D eigenvalue weighted by molar-refractivity contribution is 0.562. The van der Waals surface area contributed by atoms with E-state index in [9.17, 15) is 8.42 Å². The van der Waals surface area contributed by atoms with Gasteiger partial charge in [-0.15, -0.1) is 0 Å². The van der Waals surface area contributed by atoms with Crippen molar-refractivity contribution >= 4 is 27.5 Å². The van der Waals surface area contributed by atoms with Gasteiger partial charge in [0.2, 0.25) is 10.0 Å². The van der Waals surface area contributed by atoms with Crippen molar-refractivity contribution < 1.29 is 8.42 Å². The maximum atomic E-state index is 12.3. The van der Waals surface area contributed by atoms with Crippen LogP contribution >= 0.6 is 11.8 Å². The summed E-state index contributed by atoms with van der Waals surface area (Å²) in [4.78, 5) is 0.349. The summed E-state index contributed by atoms with van der Waals surface area (Å²) in [5, 5.41) is 3.26. The molecule has 6 heteroatoms. The molecule has 0 aromatic heterocycles. The highest BCUT2D eigenvalue weighted by molar-refractivity contribution is 7.98. The molecule has 0 amide bonds. The minimum atomic E-state index is -3.41. The number of fused-ring (bicyclic) bond motifs is 1. The number of aryl methyl sites for hydroxylation is 1. The lowest BCUT2D eigenvalue weighted by Crippen LogP contribution is -2.29. The second-order valence-electron chi connectivity index (χ2n) is 5.26. The number of anilines is 1. The van der Waals surface area contributed by atoms with Gasteiger partial charge in [0, 0.05) is 18.8 Å². The van der Waals surface area contributed by atoms with Crippen molar-refractivity contribution in [2.75, 3.05) is 30.4 Å². The van der Waals surface area contributed by atoms with E-state index in [0.29, 0.717) is 17.4 Å². The standard InChI is InChI=1S/C14H22N2O2S2/c1-11(10-19-2)9-16-20(17,18)13-6-5-12-4-3-7-15-14(12)8-13/h5-6,8,11,15-16H,3-4,7,9-10H2,1-2H3. The normalized spacial score (nSPS) is 16.3. The van der Waals surface area contributed by atoms with Crippen LogP contribution in [-0.2, 0) is 16.4 Å². The fraction of sp³-hybridized carbons (Fsp3) is 0.571. The van der Waals surface area contributed by atoms with Gasteiger partial charge in [0.15, 0.2) is 0 Å². The van der Waals surface area contributed by atoms with Crippen molar-refractivity contribution in [1.82, 2.24) is 4.72 Å². The minimum Gasteiger partial charge on any atom is -0.385 e. The van der Waals surface area contributed by atoms with Crippen molar-refractivity contribution in [3.8, 4) is 0 Å². The first-order valence-electron chi connectivity index (χ1n) is 6.88. The first-order valence-corrected chi connectivity index (χ1v) is 9.76. The third-order valence-corrected chi connectivity index (χ3v) is 5.73. The molecule has 0 fully saturated rings. The van der Waals surface area contributed by atoms with Gasteiger partial charge in [-0.1, -0.05) is 13.0 Å². The largest absolute Gasteiger partial charge is 0.385 e. The Morgan fingerprint density at radius 2 is 2.25 bits per heavy atom. The summed E-state index contributed by atoms with van der Waals surface area (Å²) >= 11 is 1.73. The van der Waals surface area contributed by atoms with E-state index in [1.54, 1.807) is 23.9 Å². The molecule has 112 valence electrons. The zero-order chi connectivity index (χ0) is 14.6. The average molecular weight is 314 g/mol. The van der Waals surface area contributed by atoms with Gasteiger partial charge in [-0.2, -0.15) is 11.8 Å². The fourth-order valence-corrected chi connectivity index (χ4v) is 4.16. The van der Waals surface area contributed by atoms with Gasteiger partial charge in [0.05, 0.1) is 4.90 Å². The predicted molar refractivity (Wildman–Crippen MR) is 86.0 cm³/mol. The van der Waals surface area contributed by atoms with Crippen LogP contribution < -0.4 is 10.0 Å². The molecule has 0 aliphatic carbocycles. The molecule has 0 saturated carbocycles. The third-order valence-electron chi connectivity index (χ3n) is 3.40. The van der Waals surface area contributed by atoms with E-state index in [1.165, 1.54) is 5.56 Å². The van der Waals surface area contributed by atoms with Gasteiger partial charge in [0.1, 0.15) is 0 Å². The Morgan fingerprint density at radius 1 is 1.45 bits per heavy atom. The number of benzene rings is 1. The van der Waals surface area contributed by atoms with E-state index < -0.39 is 10.0 Å². The Hall–Kier alpha value is -0.720. The van der Waals surface area contributed by atoms with Crippen LogP contribution in [0.1, 0.15) is 18.9 Å². The van der Waals surface area contributed by atoms with Crippen LogP contribution in [0.2, 0.25) is 0 Å². The van der Waals surface area contributed by atoms with Crippen LogP contribution in [-0.4, -0.2) is 33.5 Å². The molecule has 1 aliphatic heterocycles. The summed E-state index contributed by atoms with van der Waals surface area (Å²) < 4.78 is 27.3. The highest BCUT2D eigenvalue weighted by atomic mass is 32.2. The second kappa shape index (κ2) is 6.83. The molecule has 0 saturated heterocycles. The average Bonchev–Trinajstić information content (AvgIpc) is 2.45. The van der Waals surface area contributed by atoms with Crippen molar-refractivity contribution in [1.29, 1.82) is 0 Å². The maximum Gasteiger partial charge on any atom is 0.240 e. The molecule has 2 N–H and O–H groups in total. The summed E-state index contributed by atoms with van der Waals surface area (Å²) in [6, 6.07) is 5.37. The van der Waals surface area contributed by atoms with Crippen LogP contribution in [0.3, 0.4) is 0 Å². The van der Waals surface area contributed by atoms with Crippen molar-refractivity contribution in [2.45, 2.75) is 24.7 Å². The predicted octanol–water partition coefficient (Wildman–Crippen LogP) is 2.32. The van der Waals surface area contributed by atoms with E-state index in [4.69, 9.17) is 0 Å². The van der Waals surface area contributed by atoms with E-state index in [-0.39, 0.29) is 0 Å². The molecule has 1 atom stereocenters. The summed E-state index contributed by atoms with van der Waals surface area (Å²) in [5.74, 6) is 1.28. The molecule has 0 radical (unpaired) electrons. The van der Waals surface area contributed by atoms with Crippen LogP contribution in [0.4, 0.5) is 5.69 Å². The maximum absolute atomic E-state index is 12.3. The molecular weight excluding hydrogens is 292 g/mol. The van der Waals surface area contributed by atoms with Crippen molar-refractivity contribution in [3.63, 3.8) is 0 Å². The molecule has 2 rings (SSSR count). The highest BCUT2D eigenvalue weighted by Gasteiger charge is 2.18. The van der Waals surface area contributed by atoms with Gasteiger partial charge in [0.25, 0.3) is 0 Å². The zero-order valence-corrected chi connectivity index (χ0v) is 13.6. The minimum absolute atomic E-state index is 0.329. The molecule has 0 spiro atoms. The van der Waals surface area contributed by atoms with Crippen LogP contribution in [0, 0.1) is 5.92 Å². The van der Waals surface area contributed by atoms with Gasteiger partial charge in [-0.05, 0) is 48.5 Å². The molecule has 1 unspecified atom stereocenters. The van der Waals surface area contributed by atoms with E-state index in [1.807, 2.05) is 19.2 Å². The van der Waals surface area contributed by atoms with Gasteiger partial charge >= 0.3 is 0 Å². The Morgan fingerprint density at radius 3 is 3.00 bits per heavy atom.